The molecule has 2 aliphatic rings. The van der Waals surface area contributed by atoms with Crippen LogP contribution in [0.15, 0.2) is 54.0 Å². The fourth-order valence-electron chi connectivity index (χ4n) is 7.72. The van der Waals surface area contributed by atoms with E-state index in [2.05, 4.69) is 20.6 Å². The van der Waals surface area contributed by atoms with E-state index in [0.29, 0.717) is 10.6 Å². The fraction of sp³-hybridized carbons (Fsp3) is 0.422. The Labute approximate surface area is 387 Å². The Morgan fingerprint density at radius 2 is 1.73 bits per heavy atom. The maximum absolute atomic E-state index is 15.5. The maximum Gasteiger partial charge on any atom is 0.420 e. The van der Waals surface area contributed by atoms with Crippen LogP contribution in [0.25, 0.3) is 10.4 Å². The van der Waals surface area contributed by atoms with E-state index in [1.54, 1.807) is 44.5 Å². The minimum Gasteiger partial charge on any atom is -0.475 e. The summed E-state index contributed by atoms with van der Waals surface area (Å²) in [6.45, 7) is 11.2. The zero-order valence-electron chi connectivity index (χ0n) is 37.1. The molecule has 6 rings (SSSR count). The Kier molecular flexibility index (Phi) is 14.5. The second kappa shape index (κ2) is 19.4. The smallest absolute Gasteiger partial charge is 0.420 e. The number of halogens is 4. The summed E-state index contributed by atoms with van der Waals surface area (Å²) in [4.78, 5) is 67.2. The van der Waals surface area contributed by atoms with Gasteiger partial charge in [0.15, 0.2) is 10.9 Å². The Balaban J connectivity index is 1.02. The summed E-state index contributed by atoms with van der Waals surface area (Å²) in [5.41, 5.74) is -0.663. The predicted octanol–water partition coefficient (Wildman–Crippen LogP) is 5.97. The number of aliphatic hydroxyl groups is 1. The molecule has 1 unspecified atom stereocenters. The minimum absolute atomic E-state index is 0.0320. The van der Waals surface area contributed by atoms with E-state index in [9.17, 15) is 42.7 Å². The summed E-state index contributed by atoms with van der Waals surface area (Å²) >= 11 is 7.07. The third-order valence-corrected chi connectivity index (χ3v) is 12.5. The van der Waals surface area contributed by atoms with Crippen LogP contribution in [0, 0.1) is 36.4 Å². The number of amides is 4. The molecule has 0 spiro atoms. The van der Waals surface area contributed by atoms with Gasteiger partial charge in [0.25, 0.3) is 5.91 Å². The molecule has 2 aromatic carbocycles. The first-order valence-corrected chi connectivity index (χ1v) is 22.0. The number of nitriles is 1. The molecule has 4 aromatic rings. The van der Waals surface area contributed by atoms with E-state index in [1.165, 1.54) is 41.8 Å². The number of rotatable bonds is 14. The van der Waals surface area contributed by atoms with Crippen LogP contribution in [0.3, 0.4) is 0 Å². The van der Waals surface area contributed by atoms with Gasteiger partial charge < -0.3 is 35.0 Å². The van der Waals surface area contributed by atoms with Gasteiger partial charge in [-0.15, -0.1) is 11.3 Å². The normalized spacial score (nSPS) is 17.8. The Morgan fingerprint density at radius 3 is 2.33 bits per heavy atom. The van der Waals surface area contributed by atoms with Gasteiger partial charge in [-0.25, -0.2) is 14.4 Å². The summed E-state index contributed by atoms with van der Waals surface area (Å²) in [6.07, 6.45) is -6.13. The van der Waals surface area contributed by atoms with Gasteiger partial charge in [-0.05, 0) is 74.7 Å². The summed E-state index contributed by atoms with van der Waals surface area (Å²) in [6, 6.07) is 11.7. The molecule has 0 bridgehead atoms. The number of aryl methyl sites for hydroxylation is 2. The van der Waals surface area contributed by atoms with E-state index in [-0.39, 0.29) is 49.4 Å². The van der Waals surface area contributed by atoms with Crippen molar-refractivity contribution in [2.24, 2.45) is 5.41 Å². The number of hydrogen-bond donors (Lipinski definition) is 3. The van der Waals surface area contributed by atoms with Crippen LogP contribution in [-0.4, -0.2) is 98.8 Å². The van der Waals surface area contributed by atoms with E-state index in [4.69, 9.17) is 21.7 Å². The number of aromatic nitrogens is 2. The standard InChI is InChI=1S/C45H48F4N8O7S2/c1-24-30(57-42(65)56(41(62)44(57,6)7)31-13-12-28(19-50)35(36(31)46)45(47,48)49)14-15-34(53-24)64-17-16-63-22-33(59)54-38(43(3,4)5)40(61)55-21-29(58)18-32(55)39(60)51-20-26-8-10-27(11-9-26)37-25(2)52-23-66-37/h8-15,23,29,32,38,58H,16-18,20-22H2,1-7H3,(H,51,60)(H,54,59)/t29?,32-,38+/m0/s1. The highest BCUT2D eigenvalue weighted by Crippen LogP contribution is 2.42. The number of carbonyl (C=O) groups excluding carboxylic acids is 4. The molecule has 0 aliphatic carbocycles. The van der Waals surface area contributed by atoms with Gasteiger partial charge in [0.1, 0.15) is 36.4 Å². The number of alkyl halides is 3. The third kappa shape index (κ3) is 10.3. The zero-order valence-corrected chi connectivity index (χ0v) is 38.7. The molecule has 2 fully saturated rings. The number of anilines is 2. The van der Waals surface area contributed by atoms with Crippen LogP contribution in [0.4, 0.5) is 28.9 Å². The first-order valence-electron chi connectivity index (χ1n) is 20.7. The monoisotopic (exact) mass is 952 g/mol. The number of nitrogens with one attached hydrogen (secondary N) is 2. The first kappa shape index (κ1) is 49.4. The van der Waals surface area contributed by atoms with Gasteiger partial charge in [0.05, 0.1) is 57.5 Å². The Bertz CT molecular complexity index is 2580. The highest BCUT2D eigenvalue weighted by molar-refractivity contribution is 7.81. The lowest BCUT2D eigenvalue weighted by atomic mass is 9.85. The molecular formula is C45H48F4N8O7S2. The topological polar surface area (TPSA) is 190 Å². The Hall–Kier alpha value is -6.08. The van der Waals surface area contributed by atoms with Gasteiger partial charge >= 0.3 is 6.18 Å². The van der Waals surface area contributed by atoms with Crippen molar-refractivity contribution in [3.8, 4) is 22.4 Å². The number of thiazole rings is 1. The SMILES string of the molecule is Cc1nc(OCCOCC(=O)N[C@H](C(=O)N2CC(O)C[C@H]2C(=O)NCc2ccc(-c3scnc3C)cc2)C(C)(C)C)ccc1N1C(=S)N(c2ccc(C#N)c(C(F)(F)F)c2F)C(=O)C1(C)C. The van der Waals surface area contributed by atoms with Crippen LogP contribution < -0.4 is 25.2 Å². The van der Waals surface area contributed by atoms with Crippen molar-refractivity contribution in [3.05, 3.63) is 87.9 Å². The number of carbonyl (C=O) groups is 4. The van der Waals surface area contributed by atoms with Gasteiger partial charge in [-0.2, -0.15) is 18.4 Å². The van der Waals surface area contributed by atoms with Crippen LogP contribution >= 0.6 is 23.6 Å². The predicted molar refractivity (Wildman–Crippen MR) is 240 cm³/mol. The third-order valence-electron chi connectivity index (χ3n) is 11.1. The van der Waals surface area contributed by atoms with Crippen LogP contribution in [0.1, 0.15) is 69.1 Å². The van der Waals surface area contributed by atoms with Gasteiger partial charge in [0.2, 0.25) is 23.6 Å². The summed E-state index contributed by atoms with van der Waals surface area (Å²) in [7, 11) is 0. The lowest BCUT2D eigenvalue weighted by molar-refractivity contribution is -0.144. The number of pyridine rings is 1. The lowest BCUT2D eigenvalue weighted by Gasteiger charge is -2.35. The number of β-amino-alcohol motifs (C(OH)–C–C–N with tert-alkyl or cyclic N) is 1. The molecule has 2 aliphatic heterocycles. The molecule has 4 amide bonds. The summed E-state index contributed by atoms with van der Waals surface area (Å²) < 4.78 is 68.1. The molecule has 2 aromatic heterocycles. The summed E-state index contributed by atoms with van der Waals surface area (Å²) in [5.74, 6) is -4.09. The minimum atomic E-state index is -5.22. The average molecular weight is 953 g/mol. The van der Waals surface area contributed by atoms with Crippen molar-refractivity contribution in [3.63, 3.8) is 0 Å². The quantitative estimate of drug-likeness (QED) is 0.0764. The molecule has 4 heterocycles. The molecule has 0 saturated carbocycles. The van der Waals surface area contributed by atoms with Gasteiger partial charge in [0, 0.05) is 25.6 Å². The second-order valence-corrected chi connectivity index (χ2v) is 18.6. The van der Waals surface area contributed by atoms with Crippen molar-refractivity contribution in [2.75, 3.05) is 36.2 Å². The fourth-order valence-corrected chi connectivity index (χ4v) is 9.04. The molecule has 3 atom stereocenters. The summed E-state index contributed by atoms with van der Waals surface area (Å²) in [5, 5.41) is 25.0. The number of aliphatic hydroxyl groups excluding tert-OH is 1. The second-order valence-electron chi connectivity index (χ2n) is 17.3. The molecule has 3 N–H and O–H groups in total. The van der Waals surface area contributed by atoms with Crippen molar-refractivity contribution in [2.45, 2.75) is 91.3 Å². The molecule has 21 heteroatoms. The van der Waals surface area contributed by atoms with Crippen LogP contribution in [0.5, 0.6) is 5.88 Å². The molecule has 0 radical (unpaired) electrons. The van der Waals surface area contributed by atoms with Crippen LogP contribution in [0.2, 0.25) is 0 Å². The van der Waals surface area contributed by atoms with Crippen molar-refractivity contribution < 1.29 is 51.3 Å². The zero-order chi connectivity index (χ0) is 48.5. The van der Waals surface area contributed by atoms with Crippen molar-refractivity contribution in [1.82, 2.24) is 25.5 Å². The lowest BCUT2D eigenvalue weighted by Crippen LogP contribution is -2.58. The average Bonchev–Trinajstić information content (AvgIpc) is 3.91. The van der Waals surface area contributed by atoms with Gasteiger partial charge in [-0.3, -0.25) is 24.1 Å². The number of ether oxygens (including phenoxy) is 2. The molecule has 66 heavy (non-hydrogen) atoms. The number of likely N-dealkylation sites (tertiary alicyclic amines) is 1. The highest BCUT2D eigenvalue weighted by atomic mass is 32.1. The molecule has 2 saturated heterocycles. The molecular weight excluding hydrogens is 905 g/mol. The maximum atomic E-state index is 15.5. The van der Waals surface area contributed by atoms with E-state index < -0.39 is 88.2 Å². The van der Waals surface area contributed by atoms with Gasteiger partial charge in [-0.1, -0.05) is 45.0 Å². The number of thiocarbonyl (C=S) groups is 1. The first-order chi connectivity index (χ1) is 30.9. The van der Waals surface area contributed by atoms with Crippen molar-refractivity contribution in [1.29, 1.82) is 5.26 Å². The van der Waals surface area contributed by atoms with E-state index in [0.717, 1.165) is 33.8 Å². The molecule has 15 nitrogen and oxygen atoms in total. The van der Waals surface area contributed by atoms with Crippen molar-refractivity contribution >= 4 is 63.7 Å². The highest BCUT2D eigenvalue weighted by Gasteiger charge is 2.52. The largest absolute Gasteiger partial charge is 0.475 e. The molecule has 350 valence electrons. The number of benzene rings is 2. The number of hydrogen-bond acceptors (Lipinski definition) is 12. The Morgan fingerprint density at radius 1 is 1.05 bits per heavy atom. The van der Waals surface area contributed by atoms with E-state index >= 15 is 4.39 Å². The van der Waals surface area contributed by atoms with Crippen LogP contribution in [-0.2, 0) is 36.6 Å². The van der Waals surface area contributed by atoms with E-state index in [1.807, 2.05) is 31.2 Å². The number of nitrogens with zero attached hydrogens (tertiary/aromatic N) is 6.